The van der Waals surface area contributed by atoms with E-state index in [0.717, 1.165) is 3.57 Å². The molecule has 1 aromatic heterocycles. The van der Waals surface area contributed by atoms with E-state index < -0.39 is 11.4 Å². The molecule has 13 heavy (non-hydrogen) atoms. The van der Waals surface area contributed by atoms with Crippen LogP contribution >= 0.6 is 22.6 Å². The summed E-state index contributed by atoms with van der Waals surface area (Å²) in [6.45, 7) is 0. The predicted octanol–water partition coefficient (Wildman–Crippen LogP) is 1.09. The highest BCUT2D eigenvalue weighted by atomic mass is 127. The molecular formula is C8H4INO3. The summed E-state index contributed by atoms with van der Waals surface area (Å²) < 4.78 is 5.19. The highest BCUT2D eigenvalue weighted by molar-refractivity contribution is 14.1. The summed E-state index contributed by atoms with van der Waals surface area (Å²) in [6.07, 6.45) is 0. The van der Waals surface area contributed by atoms with Gasteiger partial charge in [-0.2, -0.15) is 0 Å². The largest absolute Gasteiger partial charge is 0.419 e. The van der Waals surface area contributed by atoms with Crippen molar-refractivity contribution in [1.29, 1.82) is 0 Å². The fourth-order valence-corrected chi connectivity index (χ4v) is 1.72. The molecule has 0 atom stereocenters. The van der Waals surface area contributed by atoms with E-state index in [0.29, 0.717) is 10.9 Å². The summed E-state index contributed by atoms with van der Waals surface area (Å²) in [5.74, 6) is -0.721. The molecule has 0 fully saturated rings. The molecule has 0 aliphatic rings. The molecule has 0 unspecified atom stereocenters. The topological polar surface area (TPSA) is 63.1 Å². The van der Waals surface area contributed by atoms with Gasteiger partial charge in [-0.3, -0.25) is 4.98 Å². The Balaban J connectivity index is 3.12. The number of hydrogen-bond donors (Lipinski definition) is 1. The van der Waals surface area contributed by atoms with Gasteiger partial charge in [0.05, 0.1) is 10.9 Å². The number of benzene rings is 1. The van der Waals surface area contributed by atoms with Crippen molar-refractivity contribution in [2.24, 2.45) is 0 Å². The van der Waals surface area contributed by atoms with Gasteiger partial charge in [-0.1, -0.05) is 6.07 Å². The van der Waals surface area contributed by atoms with Gasteiger partial charge in [0.2, 0.25) is 0 Å². The molecule has 0 spiro atoms. The molecule has 2 rings (SSSR count). The maximum Gasteiger partial charge on any atom is 0.419 e. The molecule has 2 aromatic rings. The van der Waals surface area contributed by atoms with Crippen LogP contribution in [-0.4, -0.2) is 4.98 Å². The lowest BCUT2D eigenvalue weighted by atomic mass is 10.2. The van der Waals surface area contributed by atoms with E-state index in [9.17, 15) is 9.59 Å². The number of aromatic nitrogens is 1. The molecule has 0 amide bonds. The van der Waals surface area contributed by atoms with E-state index in [1.54, 1.807) is 18.2 Å². The second-order valence-electron chi connectivity index (χ2n) is 2.46. The first-order chi connectivity index (χ1) is 6.18. The van der Waals surface area contributed by atoms with Crippen molar-refractivity contribution < 1.29 is 4.42 Å². The number of aromatic amines is 1. The van der Waals surface area contributed by atoms with Gasteiger partial charge in [-0.25, -0.2) is 9.59 Å². The Labute approximate surface area is 85.7 Å². The summed E-state index contributed by atoms with van der Waals surface area (Å²) in [7, 11) is 0. The number of halogens is 1. The van der Waals surface area contributed by atoms with Gasteiger partial charge < -0.3 is 4.42 Å². The van der Waals surface area contributed by atoms with Crippen LogP contribution in [0.2, 0.25) is 0 Å². The molecule has 66 valence electrons. The average Bonchev–Trinajstić information content (AvgIpc) is 2.07. The van der Waals surface area contributed by atoms with E-state index in [4.69, 9.17) is 0 Å². The van der Waals surface area contributed by atoms with Crippen molar-refractivity contribution >= 4 is 33.5 Å². The lowest BCUT2D eigenvalue weighted by molar-refractivity contribution is 0.460. The van der Waals surface area contributed by atoms with E-state index in [1.165, 1.54) is 0 Å². The van der Waals surface area contributed by atoms with Crippen molar-refractivity contribution in [1.82, 2.24) is 4.98 Å². The number of fused-ring (bicyclic) bond motifs is 1. The van der Waals surface area contributed by atoms with Crippen molar-refractivity contribution in [2.75, 3.05) is 0 Å². The zero-order valence-corrected chi connectivity index (χ0v) is 8.49. The molecular weight excluding hydrogens is 285 g/mol. The lowest BCUT2D eigenvalue weighted by Crippen LogP contribution is -2.14. The van der Waals surface area contributed by atoms with Crippen LogP contribution in [0, 0.1) is 3.57 Å². The van der Waals surface area contributed by atoms with Gasteiger partial charge in [0, 0.05) is 3.57 Å². The summed E-state index contributed by atoms with van der Waals surface area (Å²) in [6, 6.07) is 5.15. The third-order valence-corrected chi connectivity index (χ3v) is 2.54. The van der Waals surface area contributed by atoms with Gasteiger partial charge in [-0.05, 0) is 34.7 Å². The van der Waals surface area contributed by atoms with Gasteiger partial charge in [0.15, 0.2) is 0 Å². The number of para-hydroxylation sites is 1. The molecule has 1 aromatic carbocycles. The van der Waals surface area contributed by atoms with Crippen LogP contribution in [0.25, 0.3) is 10.9 Å². The smallest absolute Gasteiger partial charge is 0.372 e. The molecule has 0 aliphatic carbocycles. The SMILES string of the molecule is O=c1[nH]c2c(I)cccc2c(=O)o1. The minimum Gasteiger partial charge on any atom is -0.372 e. The summed E-state index contributed by atoms with van der Waals surface area (Å²) in [5.41, 5.74) is -0.0679. The molecule has 0 aliphatic heterocycles. The number of H-pyrrole nitrogens is 1. The van der Waals surface area contributed by atoms with Crippen LogP contribution in [0.15, 0.2) is 32.2 Å². The third-order valence-electron chi connectivity index (χ3n) is 1.65. The Morgan fingerprint density at radius 1 is 1.31 bits per heavy atom. The van der Waals surface area contributed by atoms with Crippen molar-refractivity contribution in [3.63, 3.8) is 0 Å². The molecule has 4 nitrogen and oxygen atoms in total. The predicted molar refractivity (Wildman–Crippen MR) is 55.8 cm³/mol. The van der Waals surface area contributed by atoms with Crippen molar-refractivity contribution in [2.45, 2.75) is 0 Å². The Bertz CT molecular complexity index is 569. The zero-order chi connectivity index (χ0) is 9.42. The number of hydrogen-bond acceptors (Lipinski definition) is 3. The molecule has 5 heteroatoms. The van der Waals surface area contributed by atoms with Crippen LogP contribution in [0.1, 0.15) is 0 Å². The Morgan fingerprint density at radius 3 is 2.85 bits per heavy atom. The highest BCUT2D eigenvalue weighted by Crippen LogP contribution is 2.13. The van der Waals surface area contributed by atoms with E-state index >= 15 is 0 Å². The van der Waals surface area contributed by atoms with Crippen molar-refractivity contribution in [3.05, 3.63) is 42.7 Å². The minimum absolute atomic E-state index is 0.395. The highest BCUT2D eigenvalue weighted by Gasteiger charge is 2.03. The van der Waals surface area contributed by atoms with Gasteiger partial charge in [0.25, 0.3) is 0 Å². The summed E-state index contributed by atoms with van der Waals surface area (Å²) >= 11 is 2.04. The van der Waals surface area contributed by atoms with E-state index in [1.807, 2.05) is 22.6 Å². The van der Waals surface area contributed by atoms with Gasteiger partial charge in [-0.15, -0.1) is 0 Å². The molecule has 1 heterocycles. The second-order valence-corrected chi connectivity index (χ2v) is 3.63. The molecule has 0 saturated carbocycles. The summed E-state index contributed by atoms with van der Waals surface area (Å²) in [4.78, 5) is 24.5. The van der Waals surface area contributed by atoms with E-state index in [-0.39, 0.29) is 0 Å². The Kier molecular flexibility index (Phi) is 1.95. The molecule has 0 radical (unpaired) electrons. The molecule has 0 bridgehead atoms. The quantitative estimate of drug-likeness (QED) is 0.738. The fourth-order valence-electron chi connectivity index (χ4n) is 1.09. The normalized spacial score (nSPS) is 10.5. The van der Waals surface area contributed by atoms with Crippen LogP contribution < -0.4 is 11.4 Å². The summed E-state index contributed by atoms with van der Waals surface area (Å²) in [5, 5.41) is 0.395. The zero-order valence-electron chi connectivity index (χ0n) is 6.33. The van der Waals surface area contributed by atoms with E-state index in [2.05, 4.69) is 9.40 Å². The maximum absolute atomic E-state index is 11.2. The average molecular weight is 289 g/mol. The van der Waals surface area contributed by atoms with Gasteiger partial charge in [0.1, 0.15) is 0 Å². The first-order valence-corrected chi connectivity index (χ1v) is 4.58. The molecule has 0 saturated heterocycles. The van der Waals surface area contributed by atoms with Crippen LogP contribution in [0.3, 0.4) is 0 Å². The van der Waals surface area contributed by atoms with Crippen LogP contribution in [-0.2, 0) is 0 Å². The number of rotatable bonds is 0. The fraction of sp³-hybridized carbons (Fsp3) is 0. The third kappa shape index (κ3) is 1.39. The van der Waals surface area contributed by atoms with Crippen LogP contribution in [0.5, 0.6) is 0 Å². The molecule has 1 N–H and O–H groups in total. The lowest BCUT2D eigenvalue weighted by Gasteiger charge is -1.96. The standard InChI is InChI=1S/C8H4INO3/c9-5-3-1-2-4-6(5)10-8(12)13-7(4)11/h1-3H,(H,10,12). The number of nitrogens with one attached hydrogen (secondary N) is 1. The first-order valence-electron chi connectivity index (χ1n) is 3.50. The Hall–Kier alpha value is -1.11. The Morgan fingerprint density at radius 2 is 2.08 bits per heavy atom. The first kappa shape index (κ1) is 8.49. The maximum atomic E-state index is 11.2. The minimum atomic E-state index is -0.721. The van der Waals surface area contributed by atoms with Crippen molar-refractivity contribution in [3.8, 4) is 0 Å². The monoisotopic (exact) mass is 289 g/mol. The van der Waals surface area contributed by atoms with Gasteiger partial charge >= 0.3 is 11.4 Å². The second kappa shape index (κ2) is 2.99. The van der Waals surface area contributed by atoms with Crippen LogP contribution in [0.4, 0.5) is 0 Å².